The Balaban J connectivity index is 1.66. The van der Waals surface area contributed by atoms with Crippen molar-refractivity contribution in [3.63, 3.8) is 0 Å². The molecule has 4 heteroatoms. The van der Waals surface area contributed by atoms with Crippen LogP contribution in [0.3, 0.4) is 0 Å². The molecule has 0 aromatic heterocycles. The van der Waals surface area contributed by atoms with Crippen molar-refractivity contribution in [3.05, 3.63) is 11.8 Å². The van der Waals surface area contributed by atoms with E-state index in [-0.39, 0.29) is 16.7 Å². The van der Waals surface area contributed by atoms with Crippen molar-refractivity contribution in [2.45, 2.75) is 80.1 Å². The Labute approximate surface area is 189 Å². The van der Waals surface area contributed by atoms with Gasteiger partial charge in [-0.1, -0.05) is 27.7 Å². The van der Waals surface area contributed by atoms with Gasteiger partial charge in [0.05, 0.1) is 0 Å². The Morgan fingerprint density at radius 1 is 1.13 bits per heavy atom. The highest BCUT2D eigenvalue weighted by atomic mass is 16.2. The molecule has 1 heterocycles. The van der Waals surface area contributed by atoms with E-state index < -0.39 is 0 Å². The zero-order valence-electron chi connectivity index (χ0n) is 20.7. The molecule has 4 nitrogen and oxygen atoms in total. The van der Waals surface area contributed by atoms with Gasteiger partial charge in [-0.05, 0) is 75.0 Å². The van der Waals surface area contributed by atoms with Crippen molar-refractivity contribution in [1.82, 2.24) is 9.80 Å². The SMILES string of the molecule is CCN(CC)C(=O)C1CC[C@H]2[C@@H]3CN(CC(C)C)C4=CC(=O)CC[C@]4(C)[C@@H]3CC[C@]12C. The van der Waals surface area contributed by atoms with E-state index in [1.807, 2.05) is 6.08 Å². The predicted octanol–water partition coefficient (Wildman–Crippen LogP) is 5.14. The number of nitrogens with zero attached hydrogens (tertiary/aromatic N) is 2. The molecular formula is C27H44N2O2. The molecule has 4 rings (SSSR count). The Morgan fingerprint density at radius 3 is 2.48 bits per heavy atom. The average Bonchev–Trinajstić information content (AvgIpc) is 3.07. The van der Waals surface area contributed by atoms with Crippen LogP contribution in [0.15, 0.2) is 11.8 Å². The van der Waals surface area contributed by atoms with Crippen molar-refractivity contribution >= 4 is 11.7 Å². The molecule has 0 N–H and O–H groups in total. The molecule has 2 saturated carbocycles. The van der Waals surface area contributed by atoms with Gasteiger partial charge in [-0.25, -0.2) is 0 Å². The van der Waals surface area contributed by atoms with Crippen LogP contribution in [0.5, 0.6) is 0 Å². The fraction of sp³-hybridized carbons (Fsp3) is 0.852. The lowest BCUT2D eigenvalue weighted by Crippen LogP contribution is -2.58. The molecule has 6 atom stereocenters. The zero-order valence-corrected chi connectivity index (χ0v) is 20.7. The van der Waals surface area contributed by atoms with Gasteiger partial charge in [0, 0.05) is 55.7 Å². The van der Waals surface area contributed by atoms with E-state index in [1.54, 1.807) is 0 Å². The Bertz CT molecular complexity index is 754. The lowest BCUT2D eigenvalue weighted by molar-refractivity contribution is -0.144. The summed E-state index contributed by atoms with van der Waals surface area (Å²) in [7, 11) is 0. The van der Waals surface area contributed by atoms with Crippen LogP contribution in [0.1, 0.15) is 80.1 Å². The highest BCUT2D eigenvalue weighted by Crippen LogP contribution is 2.65. The molecule has 0 bridgehead atoms. The third kappa shape index (κ3) is 3.56. The van der Waals surface area contributed by atoms with Crippen LogP contribution in [0.25, 0.3) is 0 Å². The molecule has 0 radical (unpaired) electrons. The van der Waals surface area contributed by atoms with E-state index in [4.69, 9.17) is 0 Å². The van der Waals surface area contributed by atoms with Crippen LogP contribution >= 0.6 is 0 Å². The van der Waals surface area contributed by atoms with Crippen molar-refractivity contribution in [2.24, 2.45) is 40.4 Å². The van der Waals surface area contributed by atoms with Crippen molar-refractivity contribution in [2.75, 3.05) is 26.2 Å². The van der Waals surface area contributed by atoms with Gasteiger partial charge >= 0.3 is 0 Å². The number of likely N-dealkylation sites (tertiary alicyclic amines) is 1. The number of hydrogen-bond acceptors (Lipinski definition) is 3. The first-order valence-electron chi connectivity index (χ1n) is 12.9. The standard InChI is InChI=1S/C27H44N2O2/c1-7-28(8-2)25(31)23-10-9-21-20-17-29(16-18(3)4)24-15-19(30)11-13-27(24,6)22(20)12-14-26(21,23)5/h15,18,20-23H,7-14,16-17H2,1-6H3/t20-,21-,22+,23?,26-,27+/m0/s1. The third-order valence-electron chi connectivity index (χ3n) is 9.76. The molecular weight excluding hydrogens is 384 g/mol. The summed E-state index contributed by atoms with van der Waals surface area (Å²) in [5.74, 6) is 3.40. The number of carbonyl (C=O) groups excluding carboxylic acids is 2. The summed E-state index contributed by atoms with van der Waals surface area (Å²) in [6.45, 7) is 17.4. The molecule has 3 aliphatic carbocycles. The predicted molar refractivity (Wildman–Crippen MR) is 125 cm³/mol. The minimum Gasteiger partial charge on any atom is -0.374 e. The topological polar surface area (TPSA) is 40.6 Å². The first-order valence-corrected chi connectivity index (χ1v) is 12.9. The van der Waals surface area contributed by atoms with E-state index >= 15 is 0 Å². The Hall–Kier alpha value is -1.32. The molecule has 1 amide bonds. The minimum absolute atomic E-state index is 0.119. The summed E-state index contributed by atoms with van der Waals surface area (Å²) in [6, 6.07) is 0. The highest BCUT2D eigenvalue weighted by molar-refractivity contribution is 5.91. The largest absolute Gasteiger partial charge is 0.374 e. The fourth-order valence-corrected chi connectivity index (χ4v) is 8.19. The van der Waals surface area contributed by atoms with Crippen molar-refractivity contribution in [3.8, 4) is 0 Å². The summed E-state index contributed by atoms with van der Waals surface area (Å²) >= 11 is 0. The van der Waals surface area contributed by atoms with Gasteiger partial charge in [0.25, 0.3) is 0 Å². The number of piperidine rings is 1. The van der Waals surface area contributed by atoms with Crippen molar-refractivity contribution in [1.29, 1.82) is 0 Å². The number of amides is 1. The second kappa shape index (κ2) is 8.23. The lowest BCUT2D eigenvalue weighted by atomic mass is 9.49. The third-order valence-corrected chi connectivity index (χ3v) is 9.76. The Morgan fingerprint density at radius 2 is 1.84 bits per heavy atom. The van der Waals surface area contributed by atoms with Gasteiger partial charge < -0.3 is 9.80 Å². The maximum Gasteiger partial charge on any atom is 0.226 e. The van der Waals surface area contributed by atoms with Gasteiger partial charge in [0.1, 0.15) is 0 Å². The van der Waals surface area contributed by atoms with E-state index in [9.17, 15) is 9.59 Å². The van der Waals surface area contributed by atoms with E-state index in [0.717, 1.165) is 45.4 Å². The molecule has 31 heavy (non-hydrogen) atoms. The second-order valence-electron chi connectivity index (χ2n) is 11.8. The summed E-state index contributed by atoms with van der Waals surface area (Å²) in [5.41, 5.74) is 1.58. The maximum absolute atomic E-state index is 13.4. The molecule has 1 unspecified atom stereocenters. The normalized spacial score (nSPS) is 39.6. The maximum atomic E-state index is 13.4. The van der Waals surface area contributed by atoms with Gasteiger partial charge in [-0.3, -0.25) is 9.59 Å². The highest BCUT2D eigenvalue weighted by Gasteiger charge is 2.61. The number of carbonyl (C=O) groups is 2. The molecule has 174 valence electrons. The van der Waals surface area contributed by atoms with Crippen LogP contribution in [0.4, 0.5) is 0 Å². The molecule has 1 saturated heterocycles. The first kappa shape index (κ1) is 22.9. The van der Waals surface area contributed by atoms with Gasteiger partial charge in [0.2, 0.25) is 5.91 Å². The molecule has 1 aliphatic heterocycles. The number of fused-ring (bicyclic) bond motifs is 5. The number of hydrogen-bond donors (Lipinski definition) is 0. The van der Waals surface area contributed by atoms with E-state index in [1.165, 1.54) is 18.5 Å². The lowest BCUT2D eigenvalue weighted by Gasteiger charge is -2.61. The molecule has 0 spiro atoms. The van der Waals surface area contributed by atoms with Crippen LogP contribution in [-0.2, 0) is 9.59 Å². The van der Waals surface area contributed by atoms with Gasteiger partial charge in [0.15, 0.2) is 5.78 Å². The molecule has 0 aromatic carbocycles. The van der Waals surface area contributed by atoms with Gasteiger partial charge in [-0.2, -0.15) is 0 Å². The minimum atomic E-state index is 0.119. The number of rotatable bonds is 5. The smallest absolute Gasteiger partial charge is 0.226 e. The first-order chi connectivity index (χ1) is 14.7. The quantitative estimate of drug-likeness (QED) is 0.609. The number of allylic oxidation sites excluding steroid dienone is 2. The monoisotopic (exact) mass is 428 g/mol. The van der Waals surface area contributed by atoms with Crippen LogP contribution in [0.2, 0.25) is 0 Å². The van der Waals surface area contributed by atoms with Crippen LogP contribution in [-0.4, -0.2) is 47.7 Å². The second-order valence-corrected chi connectivity index (χ2v) is 11.8. The van der Waals surface area contributed by atoms with Crippen molar-refractivity contribution < 1.29 is 9.59 Å². The molecule has 0 aromatic rings. The van der Waals surface area contributed by atoms with Gasteiger partial charge in [-0.15, -0.1) is 0 Å². The summed E-state index contributed by atoms with van der Waals surface area (Å²) in [4.78, 5) is 30.5. The molecule has 3 fully saturated rings. The Kier molecular flexibility index (Phi) is 6.07. The molecule has 4 aliphatic rings. The average molecular weight is 429 g/mol. The van der Waals surface area contributed by atoms with Crippen LogP contribution < -0.4 is 0 Å². The summed E-state index contributed by atoms with van der Waals surface area (Å²) in [5, 5.41) is 0. The fourth-order valence-electron chi connectivity index (χ4n) is 8.19. The van der Waals surface area contributed by atoms with E-state index in [0.29, 0.717) is 41.8 Å². The summed E-state index contributed by atoms with van der Waals surface area (Å²) in [6.07, 6.45) is 8.31. The van der Waals surface area contributed by atoms with E-state index in [2.05, 4.69) is 51.3 Å². The summed E-state index contributed by atoms with van der Waals surface area (Å²) < 4.78 is 0. The number of ketones is 1. The van der Waals surface area contributed by atoms with Crippen LogP contribution in [0, 0.1) is 40.4 Å². The zero-order chi connectivity index (χ0) is 22.6.